The van der Waals surface area contributed by atoms with Crippen molar-refractivity contribution in [3.05, 3.63) is 27.7 Å². The molecule has 0 spiro atoms. The summed E-state index contributed by atoms with van der Waals surface area (Å²) >= 11 is 0. The number of nitrogens with zero attached hydrogens (tertiary/aromatic N) is 3. The maximum atomic E-state index is 13.0. The van der Waals surface area contributed by atoms with E-state index >= 15 is 0 Å². The third-order valence-electron chi connectivity index (χ3n) is 5.61. The number of rotatable bonds is 6. The van der Waals surface area contributed by atoms with Crippen molar-refractivity contribution in [3.8, 4) is 5.88 Å². The highest BCUT2D eigenvalue weighted by atomic mass is 16.3. The number of hydrogen-bond donors (Lipinski definition) is 3. The molecule has 2 aromatic rings. The quantitative estimate of drug-likeness (QED) is 0.694. The molecule has 1 aliphatic carbocycles. The van der Waals surface area contributed by atoms with Gasteiger partial charge >= 0.3 is 0 Å². The number of piperidine rings is 1. The van der Waals surface area contributed by atoms with Gasteiger partial charge in [-0.05, 0) is 57.0 Å². The lowest BCUT2D eigenvalue weighted by atomic mass is 9.92. The molecule has 8 heteroatoms. The number of aromatic nitrogens is 3. The van der Waals surface area contributed by atoms with E-state index in [4.69, 9.17) is 0 Å². The van der Waals surface area contributed by atoms with E-state index in [-0.39, 0.29) is 23.4 Å². The van der Waals surface area contributed by atoms with Crippen LogP contribution in [0.25, 0.3) is 5.65 Å². The summed E-state index contributed by atoms with van der Waals surface area (Å²) in [5.74, 6) is -0.00812. The molecule has 1 aliphatic heterocycles. The van der Waals surface area contributed by atoms with Gasteiger partial charge in [0.05, 0.1) is 6.20 Å². The normalized spacial score (nSPS) is 18.1. The molecule has 28 heavy (non-hydrogen) atoms. The molecule has 0 unspecified atom stereocenters. The van der Waals surface area contributed by atoms with Crippen LogP contribution in [-0.4, -0.2) is 44.3 Å². The van der Waals surface area contributed by atoms with Gasteiger partial charge in [-0.15, -0.1) is 0 Å². The molecule has 4 rings (SSSR count). The van der Waals surface area contributed by atoms with Crippen LogP contribution in [-0.2, 0) is 13.0 Å². The highest BCUT2D eigenvalue weighted by molar-refractivity contribution is 5.96. The van der Waals surface area contributed by atoms with Crippen LogP contribution >= 0.6 is 0 Å². The van der Waals surface area contributed by atoms with Crippen molar-refractivity contribution in [2.75, 3.05) is 13.1 Å². The predicted molar refractivity (Wildman–Crippen MR) is 106 cm³/mol. The Hall–Kier alpha value is -2.35. The molecule has 3 heterocycles. The van der Waals surface area contributed by atoms with Crippen LogP contribution in [0.15, 0.2) is 11.0 Å². The second kappa shape index (κ2) is 7.58. The molecule has 1 amide bonds. The van der Waals surface area contributed by atoms with E-state index in [1.165, 1.54) is 4.52 Å². The van der Waals surface area contributed by atoms with Gasteiger partial charge < -0.3 is 15.7 Å². The SMILES string of the molecule is CC(C)Cn1c(O)c(C(=O)NC2CC2)c(=O)n2ncc(CC3CCNCC3)c12. The van der Waals surface area contributed by atoms with E-state index in [1.54, 1.807) is 10.8 Å². The number of hydrogen-bond acceptors (Lipinski definition) is 5. The Morgan fingerprint density at radius 3 is 2.68 bits per heavy atom. The minimum absolute atomic E-state index is 0.105. The summed E-state index contributed by atoms with van der Waals surface area (Å²) in [6, 6.07) is 0.105. The van der Waals surface area contributed by atoms with Crippen LogP contribution < -0.4 is 16.2 Å². The monoisotopic (exact) mass is 387 g/mol. The Kier molecular flexibility index (Phi) is 5.14. The van der Waals surface area contributed by atoms with Gasteiger partial charge in [0.1, 0.15) is 5.65 Å². The largest absolute Gasteiger partial charge is 0.494 e. The minimum Gasteiger partial charge on any atom is -0.494 e. The van der Waals surface area contributed by atoms with Gasteiger partial charge in [0.25, 0.3) is 11.5 Å². The van der Waals surface area contributed by atoms with Crippen molar-refractivity contribution in [1.29, 1.82) is 0 Å². The van der Waals surface area contributed by atoms with E-state index in [2.05, 4.69) is 15.7 Å². The summed E-state index contributed by atoms with van der Waals surface area (Å²) in [5, 5.41) is 21.4. The predicted octanol–water partition coefficient (Wildman–Crippen LogP) is 1.29. The van der Waals surface area contributed by atoms with E-state index in [1.807, 2.05) is 13.8 Å². The van der Waals surface area contributed by atoms with Gasteiger partial charge in [-0.3, -0.25) is 14.2 Å². The molecule has 3 N–H and O–H groups in total. The first kappa shape index (κ1) is 19.0. The number of carbonyl (C=O) groups is 1. The molecular formula is C20H29N5O3. The number of nitrogens with one attached hydrogen (secondary N) is 2. The molecule has 1 saturated heterocycles. The average Bonchev–Trinajstić information content (AvgIpc) is 3.37. The molecule has 0 aromatic carbocycles. The number of carbonyl (C=O) groups excluding carboxylic acids is 1. The molecule has 0 bridgehead atoms. The number of aromatic hydroxyl groups is 1. The second-order valence-electron chi connectivity index (χ2n) is 8.56. The number of fused-ring (bicyclic) bond motifs is 1. The highest BCUT2D eigenvalue weighted by Gasteiger charge is 2.30. The molecule has 152 valence electrons. The van der Waals surface area contributed by atoms with Gasteiger partial charge in [0, 0.05) is 18.2 Å². The van der Waals surface area contributed by atoms with Crippen molar-refractivity contribution in [3.63, 3.8) is 0 Å². The van der Waals surface area contributed by atoms with E-state index in [9.17, 15) is 14.7 Å². The molecule has 2 aromatic heterocycles. The third-order valence-corrected chi connectivity index (χ3v) is 5.61. The van der Waals surface area contributed by atoms with Gasteiger partial charge in [-0.25, -0.2) is 0 Å². The van der Waals surface area contributed by atoms with Crippen molar-refractivity contribution < 1.29 is 9.90 Å². The van der Waals surface area contributed by atoms with Crippen LogP contribution in [0.3, 0.4) is 0 Å². The summed E-state index contributed by atoms with van der Waals surface area (Å²) in [6.45, 7) is 6.59. The van der Waals surface area contributed by atoms with Crippen molar-refractivity contribution in [2.45, 2.75) is 58.5 Å². The topological polar surface area (TPSA) is 101 Å². The summed E-state index contributed by atoms with van der Waals surface area (Å²) in [7, 11) is 0. The summed E-state index contributed by atoms with van der Waals surface area (Å²) in [6.07, 6.45) is 6.53. The summed E-state index contributed by atoms with van der Waals surface area (Å²) in [5.41, 5.74) is 0.797. The Balaban J connectivity index is 1.80. The lowest BCUT2D eigenvalue weighted by Crippen LogP contribution is -2.35. The molecule has 1 saturated carbocycles. The van der Waals surface area contributed by atoms with Gasteiger partial charge in [-0.2, -0.15) is 9.61 Å². The maximum Gasteiger partial charge on any atom is 0.291 e. The van der Waals surface area contributed by atoms with Crippen LogP contribution in [0.2, 0.25) is 0 Å². The van der Waals surface area contributed by atoms with Crippen molar-refractivity contribution in [1.82, 2.24) is 24.8 Å². The van der Waals surface area contributed by atoms with Gasteiger partial charge in [0.15, 0.2) is 5.56 Å². The molecule has 8 nitrogen and oxygen atoms in total. The molecule has 2 aliphatic rings. The number of amides is 1. The Labute approximate surface area is 163 Å². The molecule has 0 radical (unpaired) electrons. The first-order valence-corrected chi connectivity index (χ1v) is 10.3. The zero-order valence-electron chi connectivity index (χ0n) is 16.6. The zero-order chi connectivity index (χ0) is 19.8. The molecular weight excluding hydrogens is 358 g/mol. The Morgan fingerprint density at radius 1 is 1.32 bits per heavy atom. The molecule has 2 fully saturated rings. The van der Waals surface area contributed by atoms with Crippen LogP contribution in [0.1, 0.15) is 55.5 Å². The first-order chi connectivity index (χ1) is 13.5. The van der Waals surface area contributed by atoms with Crippen molar-refractivity contribution in [2.24, 2.45) is 11.8 Å². The van der Waals surface area contributed by atoms with Gasteiger partial charge in [-0.1, -0.05) is 13.8 Å². The van der Waals surface area contributed by atoms with Crippen LogP contribution in [0.5, 0.6) is 5.88 Å². The van der Waals surface area contributed by atoms with E-state index in [0.717, 1.165) is 50.8 Å². The van der Waals surface area contributed by atoms with Crippen molar-refractivity contribution >= 4 is 11.6 Å². The summed E-state index contributed by atoms with van der Waals surface area (Å²) < 4.78 is 2.98. The minimum atomic E-state index is -0.554. The first-order valence-electron chi connectivity index (χ1n) is 10.3. The Morgan fingerprint density at radius 2 is 2.04 bits per heavy atom. The van der Waals surface area contributed by atoms with Gasteiger partial charge in [0.2, 0.25) is 5.88 Å². The lowest BCUT2D eigenvalue weighted by molar-refractivity contribution is 0.0944. The zero-order valence-corrected chi connectivity index (χ0v) is 16.6. The fourth-order valence-corrected chi connectivity index (χ4v) is 4.01. The van der Waals surface area contributed by atoms with Crippen LogP contribution in [0, 0.1) is 11.8 Å². The summed E-state index contributed by atoms with van der Waals surface area (Å²) in [4.78, 5) is 25.6. The van der Waals surface area contributed by atoms with E-state index in [0.29, 0.717) is 18.1 Å². The van der Waals surface area contributed by atoms with Crippen LogP contribution in [0.4, 0.5) is 0 Å². The maximum absolute atomic E-state index is 13.0. The fourth-order valence-electron chi connectivity index (χ4n) is 4.01. The highest BCUT2D eigenvalue weighted by Crippen LogP contribution is 2.26. The fraction of sp³-hybridized carbons (Fsp3) is 0.650. The Bertz CT molecular complexity index is 935. The average molecular weight is 387 g/mol. The van der Waals surface area contributed by atoms with E-state index < -0.39 is 11.5 Å². The smallest absolute Gasteiger partial charge is 0.291 e. The second-order valence-corrected chi connectivity index (χ2v) is 8.56. The third kappa shape index (κ3) is 3.65. The molecule has 0 atom stereocenters. The standard InChI is InChI=1S/C20H29N5O3/c1-12(2)11-24-18-14(9-13-5-7-21-8-6-13)10-22-25(18)20(28)16(19(24)27)17(26)23-15-3-4-15/h10,12-13,15,21,27H,3-9,11H2,1-2H3,(H,23,26). The lowest BCUT2D eigenvalue weighted by Gasteiger charge is -2.23.